The number of pyridine rings is 1. The van der Waals surface area contributed by atoms with Gasteiger partial charge in [-0.3, -0.25) is 9.89 Å². The van der Waals surface area contributed by atoms with Crippen LogP contribution < -0.4 is 15.5 Å². The van der Waals surface area contributed by atoms with E-state index < -0.39 is 5.54 Å². The molecule has 0 spiro atoms. The molecule has 5 heterocycles. The number of aromatic amines is 1. The van der Waals surface area contributed by atoms with Crippen molar-refractivity contribution in [1.82, 2.24) is 29.8 Å². The molecule has 11 heteroatoms. The minimum atomic E-state index is -0.850. The predicted molar refractivity (Wildman–Crippen MR) is 129 cm³/mol. The van der Waals surface area contributed by atoms with Crippen LogP contribution in [0, 0.1) is 11.3 Å². The Balaban J connectivity index is 1.29. The van der Waals surface area contributed by atoms with E-state index in [1.807, 2.05) is 42.3 Å². The Hall–Kier alpha value is -4.46. The van der Waals surface area contributed by atoms with Gasteiger partial charge < -0.3 is 15.5 Å². The van der Waals surface area contributed by atoms with Crippen molar-refractivity contribution in [2.45, 2.75) is 44.1 Å². The van der Waals surface area contributed by atoms with Crippen molar-refractivity contribution >= 4 is 34.7 Å². The SMILES string of the molecule is C[C@@]1(C(=O)Nc2ccc(C#N)nc2)CCCN1c1nc(Nc2cc(C3CC3)[nH]n2)c2cccn2n1. The molecule has 1 saturated carbocycles. The van der Waals surface area contributed by atoms with Gasteiger partial charge >= 0.3 is 0 Å². The van der Waals surface area contributed by atoms with Crippen LogP contribution in [-0.2, 0) is 4.79 Å². The molecule has 1 amide bonds. The molecule has 2 fully saturated rings. The number of carbonyl (C=O) groups excluding carboxylic acids is 1. The molecule has 1 atom stereocenters. The highest BCUT2D eigenvalue weighted by molar-refractivity contribution is 6.00. The minimum absolute atomic E-state index is 0.173. The van der Waals surface area contributed by atoms with E-state index >= 15 is 0 Å². The summed E-state index contributed by atoms with van der Waals surface area (Å²) in [5, 5.41) is 27.4. The van der Waals surface area contributed by atoms with Crippen molar-refractivity contribution in [1.29, 1.82) is 5.26 Å². The van der Waals surface area contributed by atoms with Crippen LogP contribution in [0.3, 0.4) is 0 Å². The standard InChI is InChI=1S/C24H24N10O/c1-24(22(35)27-17-8-7-16(13-25)26-14-17)9-3-10-33(24)23-29-21(19-4-2-11-34(19)32-23)28-20-12-18(30-31-20)15-5-6-15/h2,4,7-8,11-12,14-15H,3,5-6,9-10H2,1H3,(H,27,35)(H2,28,29,30,31,32)/t24-/m0/s1. The highest BCUT2D eigenvalue weighted by Gasteiger charge is 2.45. The molecule has 4 aromatic heterocycles. The third-order valence-electron chi connectivity index (χ3n) is 6.75. The Morgan fingerprint density at radius 1 is 1.31 bits per heavy atom. The lowest BCUT2D eigenvalue weighted by atomic mass is 9.97. The van der Waals surface area contributed by atoms with Crippen LogP contribution in [0.1, 0.15) is 49.9 Å². The zero-order chi connectivity index (χ0) is 24.0. The highest BCUT2D eigenvalue weighted by Crippen LogP contribution is 2.40. The number of carbonyl (C=O) groups is 1. The van der Waals surface area contributed by atoms with E-state index in [0.717, 1.165) is 17.6 Å². The summed E-state index contributed by atoms with van der Waals surface area (Å²) in [6, 6.07) is 11.1. The maximum atomic E-state index is 13.4. The molecule has 11 nitrogen and oxygen atoms in total. The molecule has 4 aromatic rings. The Bertz CT molecular complexity index is 1450. The molecule has 1 aliphatic heterocycles. The minimum Gasteiger partial charge on any atom is -0.325 e. The number of hydrogen-bond donors (Lipinski definition) is 3. The zero-order valence-corrected chi connectivity index (χ0v) is 19.2. The second kappa shape index (κ2) is 8.09. The van der Waals surface area contributed by atoms with Crippen LogP contribution in [0.15, 0.2) is 42.7 Å². The van der Waals surface area contributed by atoms with Gasteiger partial charge in [0.2, 0.25) is 11.9 Å². The highest BCUT2D eigenvalue weighted by atomic mass is 16.2. The maximum absolute atomic E-state index is 13.4. The first-order valence-corrected chi connectivity index (χ1v) is 11.7. The van der Waals surface area contributed by atoms with E-state index in [2.05, 4.69) is 25.8 Å². The molecule has 1 saturated heterocycles. The number of H-pyrrole nitrogens is 1. The summed E-state index contributed by atoms with van der Waals surface area (Å²) >= 11 is 0. The van der Waals surface area contributed by atoms with Crippen LogP contribution in [-0.4, -0.2) is 47.8 Å². The lowest BCUT2D eigenvalue weighted by Crippen LogP contribution is -2.51. The first-order valence-electron chi connectivity index (χ1n) is 11.7. The number of aromatic nitrogens is 6. The lowest BCUT2D eigenvalue weighted by Gasteiger charge is -2.34. The van der Waals surface area contributed by atoms with Gasteiger partial charge in [-0.15, -0.1) is 5.10 Å². The zero-order valence-electron chi connectivity index (χ0n) is 19.2. The molecule has 35 heavy (non-hydrogen) atoms. The Morgan fingerprint density at radius 3 is 2.97 bits per heavy atom. The molecule has 2 aliphatic rings. The predicted octanol–water partition coefficient (Wildman–Crippen LogP) is 3.34. The van der Waals surface area contributed by atoms with E-state index in [-0.39, 0.29) is 5.91 Å². The smallest absolute Gasteiger partial charge is 0.250 e. The van der Waals surface area contributed by atoms with Crippen LogP contribution in [0.4, 0.5) is 23.3 Å². The molecule has 1 aliphatic carbocycles. The second-order valence-corrected chi connectivity index (χ2v) is 9.23. The van der Waals surface area contributed by atoms with Gasteiger partial charge in [0.1, 0.15) is 22.8 Å². The lowest BCUT2D eigenvalue weighted by molar-refractivity contribution is -0.120. The molecule has 0 radical (unpaired) electrons. The van der Waals surface area contributed by atoms with Crippen molar-refractivity contribution in [2.24, 2.45) is 0 Å². The number of amides is 1. The van der Waals surface area contributed by atoms with Crippen LogP contribution in [0.5, 0.6) is 0 Å². The van der Waals surface area contributed by atoms with Gasteiger partial charge in [-0.2, -0.15) is 15.3 Å². The van der Waals surface area contributed by atoms with E-state index in [0.29, 0.717) is 47.8 Å². The fraction of sp³-hybridized carbons (Fsp3) is 0.333. The van der Waals surface area contributed by atoms with E-state index in [4.69, 9.17) is 15.3 Å². The Morgan fingerprint density at radius 2 is 2.20 bits per heavy atom. The molecule has 0 bridgehead atoms. The molecular formula is C24H24N10O. The quantitative estimate of drug-likeness (QED) is 0.391. The fourth-order valence-corrected chi connectivity index (χ4v) is 4.57. The molecule has 6 rings (SSSR count). The number of nitrogens with zero attached hydrogens (tertiary/aromatic N) is 7. The fourth-order valence-electron chi connectivity index (χ4n) is 4.57. The van der Waals surface area contributed by atoms with Gasteiger partial charge in [-0.1, -0.05) is 0 Å². The van der Waals surface area contributed by atoms with Crippen LogP contribution in [0.2, 0.25) is 0 Å². The Labute approximate surface area is 201 Å². The maximum Gasteiger partial charge on any atom is 0.250 e. The number of nitrogens with one attached hydrogen (secondary N) is 3. The first kappa shape index (κ1) is 21.1. The largest absolute Gasteiger partial charge is 0.325 e. The summed E-state index contributed by atoms with van der Waals surface area (Å²) in [6.07, 6.45) is 7.22. The summed E-state index contributed by atoms with van der Waals surface area (Å²) in [5.74, 6) is 2.19. The van der Waals surface area contributed by atoms with Crippen molar-refractivity contribution < 1.29 is 4.79 Å². The van der Waals surface area contributed by atoms with Crippen LogP contribution in [0.25, 0.3) is 5.52 Å². The van der Waals surface area contributed by atoms with Gasteiger partial charge in [0.25, 0.3) is 0 Å². The Kier molecular flexibility index (Phi) is 4.88. The first-order chi connectivity index (χ1) is 17.0. The number of fused-ring (bicyclic) bond motifs is 1. The second-order valence-electron chi connectivity index (χ2n) is 9.23. The molecule has 0 aromatic carbocycles. The summed E-state index contributed by atoms with van der Waals surface area (Å²) in [4.78, 5) is 24.2. The monoisotopic (exact) mass is 468 g/mol. The van der Waals surface area contributed by atoms with Crippen molar-refractivity contribution in [3.8, 4) is 6.07 Å². The van der Waals surface area contributed by atoms with Gasteiger partial charge in [-0.25, -0.2) is 9.50 Å². The topological polar surface area (TPSA) is 140 Å². The number of anilines is 4. The number of rotatable bonds is 6. The van der Waals surface area contributed by atoms with E-state index in [1.165, 1.54) is 19.0 Å². The van der Waals surface area contributed by atoms with Gasteiger partial charge in [0.15, 0.2) is 11.6 Å². The van der Waals surface area contributed by atoms with Gasteiger partial charge in [-0.05, 0) is 56.9 Å². The van der Waals surface area contributed by atoms with Crippen LogP contribution >= 0.6 is 0 Å². The van der Waals surface area contributed by atoms with E-state index in [1.54, 1.807) is 16.6 Å². The molecular weight excluding hydrogens is 444 g/mol. The number of nitriles is 1. The molecule has 176 valence electrons. The third kappa shape index (κ3) is 3.82. The summed E-state index contributed by atoms with van der Waals surface area (Å²) in [7, 11) is 0. The average Bonchev–Trinajstić information content (AvgIpc) is 3.23. The van der Waals surface area contributed by atoms with Gasteiger partial charge in [0, 0.05) is 30.4 Å². The summed E-state index contributed by atoms with van der Waals surface area (Å²) in [5.41, 5.74) is 1.94. The molecule has 0 unspecified atom stereocenters. The summed E-state index contributed by atoms with van der Waals surface area (Å²) in [6.45, 7) is 2.55. The van der Waals surface area contributed by atoms with Gasteiger partial charge in [0.05, 0.1) is 11.9 Å². The summed E-state index contributed by atoms with van der Waals surface area (Å²) < 4.78 is 1.76. The number of hydrogen-bond acceptors (Lipinski definition) is 8. The molecule has 3 N–H and O–H groups in total. The third-order valence-corrected chi connectivity index (χ3v) is 6.75. The van der Waals surface area contributed by atoms with Crippen molar-refractivity contribution in [2.75, 3.05) is 22.1 Å². The normalized spacial score (nSPS) is 19.6. The van der Waals surface area contributed by atoms with Crippen molar-refractivity contribution in [3.05, 3.63) is 54.1 Å². The van der Waals surface area contributed by atoms with E-state index in [9.17, 15) is 4.79 Å². The average molecular weight is 469 g/mol. The van der Waals surface area contributed by atoms with Crippen molar-refractivity contribution in [3.63, 3.8) is 0 Å².